The Bertz CT molecular complexity index is 435. The van der Waals surface area contributed by atoms with E-state index in [0.29, 0.717) is 18.1 Å². The van der Waals surface area contributed by atoms with E-state index in [-0.39, 0.29) is 11.7 Å². The Morgan fingerprint density at radius 3 is 2.95 bits per heavy atom. The van der Waals surface area contributed by atoms with Crippen LogP contribution in [0.1, 0.15) is 60.9 Å². The molecule has 0 aromatic carbocycles. The van der Waals surface area contributed by atoms with Crippen LogP contribution in [0.25, 0.3) is 0 Å². The minimum atomic E-state index is -0.948. The van der Waals surface area contributed by atoms with E-state index in [1.165, 1.54) is 19.3 Å². The number of ether oxygens (including phenoxy) is 1. The van der Waals surface area contributed by atoms with Gasteiger partial charge in [-0.3, -0.25) is 0 Å². The molecule has 0 radical (unpaired) electrons. The maximum atomic E-state index is 10.9. The van der Waals surface area contributed by atoms with E-state index < -0.39 is 5.97 Å². The molecular formula is C15H22O4. The number of furan rings is 1. The van der Waals surface area contributed by atoms with Crippen molar-refractivity contribution >= 4 is 5.97 Å². The molecule has 1 N–H and O–H groups in total. The van der Waals surface area contributed by atoms with Gasteiger partial charge in [0.1, 0.15) is 23.7 Å². The summed E-state index contributed by atoms with van der Waals surface area (Å²) in [5, 5.41) is 8.96. The number of hydrogen-bond acceptors (Lipinski definition) is 3. The molecule has 1 aromatic heterocycles. The molecule has 1 aromatic rings. The third kappa shape index (κ3) is 3.60. The molecule has 1 saturated carbocycles. The van der Waals surface area contributed by atoms with E-state index in [1.807, 2.05) is 0 Å². The van der Waals surface area contributed by atoms with Crippen LogP contribution in [0.4, 0.5) is 0 Å². The van der Waals surface area contributed by atoms with E-state index in [2.05, 4.69) is 6.92 Å². The van der Waals surface area contributed by atoms with Crippen molar-refractivity contribution in [3.8, 4) is 0 Å². The summed E-state index contributed by atoms with van der Waals surface area (Å²) in [4.78, 5) is 10.9. The van der Waals surface area contributed by atoms with Crippen molar-refractivity contribution in [2.45, 2.75) is 58.7 Å². The van der Waals surface area contributed by atoms with Gasteiger partial charge in [0.25, 0.3) is 0 Å². The van der Waals surface area contributed by atoms with E-state index in [4.69, 9.17) is 14.3 Å². The highest BCUT2D eigenvalue weighted by molar-refractivity contribution is 5.88. The van der Waals surface area contributed by atoms with E-state index in [1.54, 1.807) is 13.0 Å². The van der Waals surface area contributed by atoms with Crippen molar-refractivity contribution < 1.29 is 19.1 Å². The van der Waals surface area contributed by atoms with Crippen LogP contribution in [-0.2, 0) is 11.3 Å². The molecule has 19 heavy (non-hydrogen) atoms. The Hall–Kier alpha value is -1.29. The third-order valence-corrected chi connectivity index (χ3v) is 3.97. The van der Waals surface area contributed by atoms with E-state index in [9.17, 15) is 4.79 Å². The molecule has 1 fully saturated rings. The maximum absolute atomic E-state index is 10.9. The molecule has 1 heterocycles. The molecule has 0 bridgehead atoms. The van der Waals surface area contributed by atoms with Crippen molar-refractivity contribution in [1.29, 1.82) is 0 Å². The smallest absolute Gasteiger partial charge is 0.339 e. The van der Waals surface area contributed by atoms with Crippen molar-refractivity contribution in [2.24, 2.45) is 5.92 Å². The highest BCUT2D eigenvalue weighted by atomic mass is 16.5. The van der Waals surface area contributed by atoms with Gasteiger partial charge in [-0.1, -0.05) is 26.2 Å². The molecule has 0 aliphatic heterocycles. The van der Waals surface area contributed by atoms with Gasteiger partial charge in [-0.2, -0.15) is 0 Å². The quantitative estimate of drug-likeness (QED) is 0.881. The lowest BCUT2D eigenvalue weighted by Gasteiger charge is -2.28. The predicted molar refractivity (Wildman–Crippen MR) is 71.2 cm³/mol. The number of carboxylic acid groups (broad SMARTS) is 1. The summed E-state index contributed by atoms with van der Waals surface area (Å²) in [6.07, 6.45) is 6.24. The monoisotopic (exact) mass is 266 g/mol. The molecule has 4 nitrogen and oxygen atoms in total. The van der Waals surface area contributed by atoms with E-state index >= 15 is 0 Å². The number of carbonyl (C=O) groups is 1. The van der Waals surface area contributed by atoms with Gasteiger partial charge in [0.05, 0.1) is 6.10 Å². The lowest BCUT2D eigenvalue weighted by atomic mass is 9.85. The van der Waals surface area contributed by atoms with Crippen molar-refractivity contribution in [2.75, 3.05) is 0 Å². The second-order valence-corrected chi connectivity index (χ2v) is 5.36. The molecule has 0 saturated heterocycles. The Morgan fingerprint density at radius 2 is 2.32 bits per heavy atom. The second kappa shape index (κ2) is 6.24. The number of carboxylic acids is 1. The summed E-state index contributed by atoms with van der Waals surface area (Å²) in [6.45, 7) is 4.26. The zero-order valence-corrected chi connectivity index (χ0v) is 11.6. The van der Waals surface area contributed by atoms with Gasteiger partial charge in [0.15, 0.2) is 0 Å². The molecular weight excluding hydrogens is 244 g/mol. The first-order valence-electron chi connectivity index (χ1n) is 7.04. The Kier molecular flexibility index (Phi) is 4.64. The second-order valence-electron chi connectivity index (χ2n) is 5.36. The summed E-state index contributed by atoms with van der Waals surface area (Å²) in [5.74, 6) is 0.873. The van der Waals surface area contributed by atoms with Gasteiger partial charge in [0.2, 0.25) is 0 Å². The third-order valence-electron chi connectivity index (χ3n) is 3.97. The highest BCUT2D eigenvalue weighted by Crippen LogP contribution is 2.29. The molecule has 4 heteroatoms. The van der Waals surface area contributed by atoms with Gasteiger partial charge < -0.3 is 14.3 Å². The van der Waals surface area contributed by atoms with Crippen LogP contribution >= 0.6 is 0 Å². The fourth-order valence-corrected chi connectivity index (χ4v) is 2.79. The summed E-state index contributed by atoms with van der Waals surface area (Å²) in [5.41, 5.74) is 0.230. The topological polar surface area (TPSA) is 59.7 Å². The standard InChI is InChI=1S/C15H22O4/c1-3-11-5-4-6-12(7-11)18-9-13-8-14(15(16)17)10(2)19-13/h8,11-12H,3-7,9H2,1-2H3,(H,16,17). The molecule has 1 aliphatic carbocycles. The minimum Gasteiger partial charge on any atom is -0.478 e. The summed E-state index contributed by atoms with van der Waals surface area (Å²) < 4.78 is 11.3. The number of aryl methyl sites for hydroxylation is 1. The lowest BCUT2D eigenvalue weighted by Crippen LogP contribution is -2.22. The Labute approximate surface area is 113 Å². The van der Waals surface area contributed by atoms with Crippen molar-refractivity contribution in [1.82, 2.24) is 0 Å². The summed E-state index contributed by atoms with van der Waals surface area (Å²) >= 11 is 0. The zero-order valence-electron chi connectivity index (χ0n) is 11.6. The fourth-order valence-electron chi connectivity index (χ4n) is 2.79. The predicted octanol–water partition coefficient (Wildman–Crippen LogP) is 3.77. The average Bonchev–Trinajstić information content (AvgIpc) is 2.78. The molecule has 2 atom stereocenters. The van der Waals surface area contributed by atoms with Crippen molar-refractivity contribution in [3.63, 3.8) is 0 Å². The van der Waals surface area contributed by atoms with Gasteiger partial charge in [-0.15, -0.1) is 0 Å². The minimum absolute atomic E-state index is 0.230. The first-order chi connectivity index (χ1) is 9.10. The van der Waals surface area contributed by atoms with Crippen LogP contribution in [0, 0.1) is 12.8 Å². The van der Waals surface area contributed by atoms with Gasteiger partial charge in [0, 0.05) is 0 Å². The molecule has 1 aliphatic rings. The van der Waals surface area contributed by atoms with E-state index in [0.717, 1.165) is 18.8 Å². The first kappa shape index (κ1) is 14.1. The summed E-state index contributed by atoms with van der Waals surface area (Å²) in [6, 6.07) is 1.57. The Morgan fingerprint density at radius 1 is 1.53 bits per heavy atom. The normalized spacial score (nSPS) is 23.5. The number of hydrogen-bond donors (Lipinski definition) is 1. The molecule has 2 rings (SSSR count). The molecule has 106 valence electrons. The van der Waals surface area contributed by atoms with Crippen LogP contribution in [0.3, 0.4) is 0 Å². The maximum Gasteiger partial charge on any atom is 0.339 e. The summed E-state index contributed by atoms with van der Waals surface area (Å²) in [7, 11) is 0. The van der Waals surface area contributed by atoms with Crippen LogP contribution in [0.2, 0.25) is 0 Å². The van der Waals surface area contributed by atoms with Crippen molar-refractivity contribution in [3.05, 3.63) is 23.2 Å². The largest absolute Gasteiger partial charge is 0.478 e. The van der Waals surface area contributed by atoms with Gasteiger partial charge in [-0.05, 0) is 31.7 Å². The Balaban J connectivity index is 1.88. The lowest BCUT2D eigenvalue weighted by molar-refractivity contribution is -0.00556. The van der Waals surface area contributed by atoms with Gasteiger partial charge in [-0.25, -0.2) is 4.79 Å². The highest BCUT2D eigenvalue weighted by Gasteiger charge is 2.22. The molecule has 0 spiro atoms. The van der Waals surface area contributed by atoms with Crippen LogP contribution < -0.4 is 0 Å². The number of rotatable bonds is 5. The van der Waals surface area contributed by atoms with Crippen LogP contribution in [0.15, 0.2) is 10.5 Å². The van der Waals surface area contributed by atoms with Gasteiger partial charge >= 0.3 is 5.97 Å². The first-order valence-corrected chi connectivity index (χ1v) is 7.04. The van der Waals surface area contributed by atoms with Crippen LogP contribution in [0.5, 0.6) is 0 Å². The van der Waals surface area contributed by atoms with Crippen LogP contribution in [-0.4, -0.2) is 17.2 Å². The zero-order chi connectivity index (χ0) is 13.8. The fraction of sp³-hybridized carbons (Fsp3) is 0.667. The average molecular weight is 266 g/mol. The molecule has 0 amide bonds. The SMILES string of the molecule is CCC1CCCC(OCc2cc(C(=O)O)c(C)o2)C1. The molecule has 2 unspecified atom stereocenters. The number of aromatic carboxylic acids is 1.